The van der Waals surface area contributed by atoms with Gasteiger partial charge in [-0.15, -0.1) is 0 Å². The molecule has 0 radical (unpaired) electrons. The van der Waals surface area contributed by atoms with E-state index in [1.165, 1.54) is 0 Å². The Balaban J connectivity index is 2.88. The molecule has 6 nitrogen and oxygen atoms in total. The van der Waals surface area contributed by atoms with Crippen molar-refractivity contribution in [2.45, 2.75) is 0 Å². The fourth-order valence-corrected chi connectivity index (χ4v) is 1.46. The average Bonchev–Trinajstić information content (AvgIpc) is 2.14. The van der Waals surface area contributed by atoms with Crippen LogP contribution in [-0.2, 0) is 18.7 Å². The van der Waals surface area contributed by atoms with Crippen LogP contribution in [0, 0.1) is 11.5 Å². The van der Waals surface area contributed by atoms with Crippen molar-refractivity contribution in [2.75, 3.05) is 13.1 Å². The van der Waals surface area contributed by atoms with E-state index in [9.17, 15) is 18.7 Å². The van der Waals surface area contributed by atoms with Crippen LogP contribution in [0.2, 0.25) is 0 Å². The Morgan fingerprint density at radius 2 is 1.29 bits per heavy atom. The van der Waals surface area contributed by atoms with Gasteiger partial charge in [-0.3, -0.25) is 0 Å². The number of carbonyl (C=O) groups excluding carboxylic acids is 2. The summed E-state index contributed by atoms with van der Waals surface area (Å²) in [6.45, 7) is -0.507. The first-order valence-corrected chi connectivity index (χ1v) is 5.08. The molecule has 1 aliphatic heterocycles. The van der Waals surface area contributed by atoms with E-state index in [2.05, 4.69) is 11.5 Å². The van der Waals surface area contributed by atoms with Crippen molar-refractivity contribution in [3.8, 4) is 11.5 Å². The third kappa shape index (κ3) is 2.47. The van der Waals surface area contributed by atoms with E-state index in [0.29, 0.717) is 0 Å². The van der Waals surface area contributed by atoms with Crippen LogP contribution in [0.3, 0.4) is 0 Å². The Morgan fingerprint density at radius 1 is 0.929 bits per heavy atom. The Kier molecular flexibility index (Phi) is 3.94. The predicted octanol–water partition coefficient (Wildman–Crippen LogP) is 0.0740. The van der Waals surface area contributed by atoms with E-state index in [1.807, 2.05) is 0 Å². The third-order valence-corrected chi connectivity index (χ3v) is 2.16. The van der Waals surface area contributed by atoms with Crippen molar-refractivity contribution in [1.29, 1.82) is 0 Å². The number of nitrogens with zero attached hydrogens (tertiary/aromatic N) is 2. The quantitative estimate of drug-likeness (QED) is 0.552. The number of hydrogen-bond acceptors (Lipinski definition) is 4. The zero-order valence-electron chi connectivity index (χ0n) is 6.84. The van der Waals surface area contributed by atoms with Crippen LogP contribution < -0.4 is 0 Å². The van der Waals surface area contributed by atoms with Gasteiger partial charge in [-0.25, -0.2) is 0 Å². The molecule has 1 heterocycles. The Bertz CT molecular complexity index is 430. The van der Waals surface area contributed by atoms with Gasteiger partial charge in [0.1, 0.15) is 0 Å². The maximum absolute atomic E-state index is 11.2. The van der Waals surface area contributed by atoms with Crippen molar-refractivity contribution in [1.82, 2.24) is 9.80 Å². The molecule has 0 spiro atoms. The van der Waals surface area contributed by atoms with Gasteiger partial charge in [0.15, 0.2) is 0 Å². The second kappa shape index (κ2) is 4.99. The number of piperazine rings is 1. The minimum atomic E-state index is -0.457. The molecular formula is C6H4N2O4P2. The van der Waals surface area contributed by atoms with Crippen molar-refractivity contribution in [3.63, 3.8) is 0 Å². The number of rotatable bonds is 0. The molecule has 0 aromatic carbocycles. The van der Waals surface area contributed by atoms with E-state index < -0.39 is 27.6 Å². The minimum absolute atomic E-state index is 0.253. The Labute approximate surface area is 81.5 Å². The van der Waals surface area contributed by atoms with Gasteiger partial charge < -0.3 is 0 Å². The molecule has 1 fully saturated rings. The van der Waals surface area contributed by atoms with Gasteiger partial charge in [0, 0.05) is 0 Å². The third-order valence-electron chi connectivity index (χ3n) is 1.51. The van der Waals surface area contributed by atoms with Gasteiger partial charge >= 0.3 is 80.8 Å². The first kappa shape index (κ1) is 11.0. The summed E-state index contributed by atoms with van der Waals surface area (Å²) in [6, 6.07) is 0. The average molecular weight is 230 g/mol. The van der Waals surface area contributed by atoms with Gasteiger partial charge in [-0.05, 0) is 0 Å². The second-order valence-corrected chi connectivity index (χ2v) is 3.11. The summed E-state index contributed by atoms with van der Waals surface area (Å²) < 4.78 is 20.3. The van der Waals surface area contributed by atoms with Crippen molar-refractivity contribution >= 4 is 27.6 Å². The fourth-order valence-electron chi connectivity index (χ4n) is 0.898. The molecule has 1 saturated heterocycles. The van der Waals surface area contributed by atoms with Gasteiger partial charge in [0.2, 0.25) is 0 Å². The monoisotopic (exact) mass is 230 g/mol. The summed E-state index contributed by atoms with van der Waals surface area (Å²) in [6.07, 6.45) is 0. The standard InChI is InChI=1S/C6H4N2O4P2/c9-5-1-7(3-13-11)6(10)2-8(5)4-14-12/h1-2H2. The molecule has 0 saturated carbocycles. The van der Waals surface area contributed by atoms with Crippen LogP contribution in [0.1, 0.15) is 0 Å². The number of amides is 2. The summed E-state index contributed by atoms with van der Waals surface area (Å²) >= 11 is 0. The number of carbonyl (C=O) groups is 2. The van der Waals surface area contributed by atoms with Gasteiger partial charge in [-0.1, -0.05) is 0 Å². The fraction of sp³-hybridized carbons (Fsp3) is 0.333. The summed E-state index contributed by atoms with van der Waals surface area (Å²) in [4.78, 5) is 24.2. The Morgan fingerprint density at radius 3 is 1.57 bits per heavy atom. The van der Waals surface area contributed by atoms with Crippen molar-refractivity contribution in [2.24, 2.45) is 0 Å². The van der Waals surface area contributed by atoms with Crippen LogP contribution in [0.25, 0.3) is 0 Å². The second-order valence-electron chi connectivity index (χ2n) is 2.34. The molecule has 0 bridgehead atoms. The predicted molar refractivity (Wildman–Crippen MR) is 46.4 cm³/mol. The van der Waals surface area contributed by atoms with Crippen LogP contribution in [0.5, 0.6) is 0 Å². The van der Waals surface area contributed by atoms with Crippen molar-refractivity contribution in [3.05, 3.63) is 0 Å². The molecule has 14 heavy (non-hydrogen) atoms. The van der Waals surface area contributed by atoms with Crippen LogP contribution >= 0.6 is 15.8 Å². The molecule has 0 aromatic rings. The zero-order valence-corrected chi connectivity index (χ0v) is 8.62. The van der Waals surface area contributed by atoms with E-state index >= 15 is 0 Å². The molecule has 0 atom stereocenters. The molecule has 8 heteroatoms. The molecule has 1 aliphatic rings. The summed E-state index contributed by atoms with van der Waals surface area (Å²) in [7, 11) is -0.913. The molecule has 72 valence electrons. The molecule has 0 aliphatic carbocycles. The van der Waals surface area contributed by atoms with Crippen LogP contribution in [0.4, 0.5) is 0 Å². The summed E-state index contributed by atoms with van der Waals surface area (Å²) in [5, 5.41) is 0. The van der Waals surface area contributed by atoms with Crippen molar-refractivity contribution < 1.29 is 18.7 Å². The van der Waals surface area contributed by atoms with E-state index in [1.54, 1.807) is 0 Å². The van der Waals surface area contributed by atoms with E-state index in [0.717, 1.165) is 9.80 Å². The van der Waals surface area contributed by atoms with Gasteiger partial charge in [0.25, 0.3) is 0 Å². The summed E-state index contributed by atoms with van der Waals surface area (Å²) in [5.74, 6) is 3.46. The molecule has 1 rings (SSSR count). The Hall–Kier alpha value is -1.04. The molecule has 0 aromatic heterocycles. The molecule has 0 unspecified atom stereocenters. The van der Waals surface area contributed by atoms with Crippen LogP contribution in [-0.4, -0.2) is 34.7 Å². The van der Waals surface area contributed by atoms with Gasteiger partial charge in [-0.2, -0.15) is 0 Å². The van der Waals surface area contributed by atoms with Gasteiger partial charge in [0.05, 0.1) is 0 Å². The molecule has 2 amide bonds. The SMILES string of the molecule is O=P#CN1CC(=O)N(C#P=O)CC1=O. The maximum atomic E-state index is 11.2. The van der Waals surface area contributed by atoms with E-state index in [4.69, 9.17) is 0 Å². The first-order valence-electron chi connectivity index (χ1n) is 3.45. The number of hydrogen-bond donors (Lipinski definition) is 0. The summed E-state index contributed by atoms with van der Waals surface area (Å²) in [5.41, 5.74) is 0. The van der Waals surface area contributed by atoms with E-state index in [-0.39, 0.29) is 13.1 Å². The topological polar surface area (TPSA) is 74.8 Å². The first-order chi connectivity index (χ1) is 6.69. The molecular weight excluding hydrogens is 226 g/mol. The zero-order chi connectivity index (χ0) is 10.6. The normalized spacial score (nSPS) is 16.0. The van der Waals surface area contributed by atoms with Crippen LogP contribution in [0.15, 0.2) is 0 Å². The molecule has 0 N–H and O–H groups in total.